The van der Waals surface area contributed by atoms with Gasteiger partial charge in [-0.1, -0.05) is 6.07 Å². The fourth-order valence-electron chi connectivity index (χ4n) is 1.59. The number of nitrogens with two attached hydrogens (primary N) is 1. The normalized spacial score (nSPS) is 10.5. The summed E-state index contributed by atoms with van der Waals surface area (Å²) in [6, 6.07) is 7.58. The molecular weight excluding hydrogens is 290 g/mol. The van der Waals surface area contributed by atoms with Crippen molar-refractivity contribution in [1.82, 2.24) is 29.7 Å². The topological polar surface area (TPSA) is 105 Å². The van der Waals surface area contributed by atoms with Gasteiger partial charge in [0.1, 0.15) is 18.4 Å². The van der Waals surface area contributed by atoms with Gasteiger partial charge in [-0.15, -0.1) is 0 Å². The summed E-state index contributed by atoms with van der Waals surface area (Å²) in [7, 11) is 1.62. The molecule has 0 spiro atoms. The highest BCUT2D eigenvalue weighted by Crippen LogP contribution is 2.28. The van der Waals surface area contributed by atoms with Crippen LogP contribution in [0.5, 0.6) is 5.75 Å². The Hall–Kier alpha value is -2.68. The second-order valence-corrected chi connectivity index (χ2v) is 4.94. The molecule has 0 atom stereocenters. The van der Waals surface area contributed by atoms with Crippen molar-refractivity contribution in [3.63, 3.8) is 0 Å². The Morgan fingerprint density at radius 2 is 2.14 bits per heavy atom. The van der Waals surface area contributed by atoms with Crippen LogP contribution in [-0.2, 0) is 0 Å². The molecule has 0 aliphatic heterocycles. The summed E-state index contributed by atoms with van der Waals surface area (Å²) in [4.78, 5) is 17.2. The first-order chi connectivity index (χ1) is 10.2. The molecule has 0 bridgehead atoms. The van der Waals surface area contributed by atoms with Gasteiger partial charge < -0.3 is 10.5 Å². The fraction of sp³-hybridized carbons (Fsp3) is 0.0833. The molecule has 21 heavy (non-hydrogen) atoms. The van der Waals surface area contributed by atoms with Crippen molar-refractivity contribution in [1.29, 1.82) is 0 Å². The molecule has 0 radical (unpaired) electrons. The smallest absolute Gasteiger partial charge is 0.257 e. The van der Waals surface area contributed by atoms with Crippen LogP contribution in [0.4, 0.5) is 5.95 Å². The molecule has 2 aromatic heterocycles. The third-order valence-corrected chi connectivity index (χ3v) is 3.35. The minimum atomic E-state index is 0.126. The maximum Gasteiger partial charge on any atom is 0.257 e. The molecule has 8 nitrogen and oxygen atoms in total. The lowest BCUT2D eigenvalue weighted by atomic mass is 10.3. The molecule has 0 unspecified atom stereocenters. The number of nitrogens with zero attached hydrogens (tertiary/aromatic N) is 6. The molecule has 2 N–H and O–H groups in total. The number of aromatic nitrogens is 6. The van der Waals surface area contributed by atoms with Crippen molar-refractivity contribution in [3.05, 3.63) is 36.9 Å². The lowest BCUT2D eigenvalue weighted by Crippen LogP contribution is -2.07. The predicted molar refractivity (Wildman–Crippen MR) is 76.3 cm³/mol. The zero-order chi connectivity index (χ0) is 14.7. The summed E-state index contributed by atoms with van der Waals surface area (Å²) in [6.07, 6.45) is 2.89. The highest BCUT2D eigenvalue weighted by molar-refractivity contribution is 7.99. The predicted octanol–water partition coefficient (Wildman–Crippen LogP) is 1.19. The van der Waals surface area contributed by atoms with Gasteiger partial charge in [0.05, 0.1) is 7.11 Å². The minimum Gasteiger partial charge on any atom is -0.497 e. The third-order valence-electron chi connectivity index (χ3n) is 2.49. The van der Waals surface area contributed by atoms with Crippen LogP contribution in [0.15, 0.2) is 47.0 Å². The van der Waals surface area contributed by atoms with Crippen LogP contribution >= 0.6 is 11.8 Å². The van der Waals surface area contributed by atoms with E-state index in [1.165, 1.54) is 29.1 Å². The zero-order valence-electron chi connectivity index (χ0n) is 11.0. The van der Waals surface area contributed by atoms with E-state index >= 15 is 0 Å². The van der Waals surface area contributed by atoms with Gasteiger partial charge in [-0.3, -0.25) is 0 Å². The zero-order valence-corrected chi connectivity index (χ0v) is 11.9. The molecule has 0 amide bonds. The van der Waals surface area contributed by atoms with Gasteiger partial charge in [0, 0.05) is 4.90 Å². The Morgan fingerprint density at radius 1 is 1.24 bits per heavy atom. The van der Waals surface area contributed by atoms with E-state index in [2.05, 4.69) is 25.0 Å². The standard InChI is InChI=1S/C12H11N7OS/c1-20-8-3-2-4-9(5-8)21-12-17-10(13)16-11(18-12)19-7-14-6-15-19/h2-7H,1H3,(H2,13,16,17,18). The Kier molecular flexibility index (Phi) is 3.65. The summed E-state index contributed by atoms with van der Waals surface area (Å²) < 4.78 is 6.61. The Bertz CT molecular complexity index is 747. The van der Waals surface area contributed by atoms with E-state index in [1.807, 2.05) is 24.3 Å². The second kappa shape index (κ2) is 5.75. The SMILES string of the molecule is COc1cccc(Sc2nc(N)nc(-n3cncn3)n2)c1. The number of ether oxygens (including phenoxy) is 1. The largest absolute Gasteiger partial charge is 0.497 e. The lowest BCUT2D eigenvalue weighted by molar-refractivity contribution is 0.413. The number of nitrogen functional groups attached to an aromatic ring is 1. The van der Waals surface area contributed by atoms with Crippen LogP contribution < -0.4 is 10.5 Å². The molecule has 106 valence electrons. The summed E-state index contributed by atoms with van der Waals surface area (Å²) in [5.41, 5.74) is 5.71. The number of rotatable bonds is 4. The molecular formula is C12H11N7OS. The molecule has 9 heteroatoms. The number of methoxy groups -OCH3 is 1. The molecule has 0 saturated carbocycles. The van der Waals surface area contributed by atoms with Crippen molar-refractivity contribution in [2.24, 2.45) is 0 Å². The third kappa shape index (κ3) is 3.08. The van der Waals surface area contributed by atoms with E-state index in [0.717, 1.165) is 10.6 Å². The molecule has 0 aliphatic carbocycles. The minimum absolute atomic E-state index is 0.126. The monoisotopic (exact) mass is 301 g/mol. The van der Waals surface area contributed by atoms with Crippen LogP contribution in [0.25, 0.3) is 5.95 Å². The van der Waals surface area contributed by atoms with Crippen LogP contribution in [-0.4, -0.2) is 36.8 Å². The van der Waals surface area contributed by atoms with Gasteiger partial charge in [0.2, 0.25) is 5.95 Å². The molecule has 2 heterocycles. The first-order valence-electron chi connectivity index (χ1n) is 5.93. The van der Waals surface area contributed by atoms with E-state index in [0.29, 0.717) is 11.1 Å². The number of anilines is 1. The molecule has 0 saturated heterocycles. The van der Waals surface area contributed by atoms with Crippen molar-refractivity contribution >= 4 is 17.7 Å². The van der Waals surface area contributed by atoms with E-state index in [4.69, 9.17) is 10.5 Å². The summed E-state index contributed by atoms with van der Waals surface area (Å²) in [5, 5.41) is 4.44. The molecule has 0 fully saturated rings. The van der Waals surface area contributed by atoms with Gasteiger partial charge in [-0.05, 0) is 30.0 Å². The highest BCUT2D eigenvalue weighted by atomic mass is 32.2. The lowest BCUT2D eigenvalue weighted by Gasteiger charge is -2.05. The van der Waals surface area contributed by atoms with Crippen molar-refractivity contribution < 1.29 is 4.74 Å². The van der Waals surface area contributed by atoms with E-state index in [-0.39, 0.29) is 5.95 Å². The Labute approximate surface area is 124 Å². The van der Waals surface area contributed by atoms with Crippen LogP contribution in [0.2, 0.25) is 0 Å². The quantitative estimate of drug-likeness (QED) is 0.766. The van der Waals surface area contributed by atoms with E-state index < -0.39 is 0 Å². The van der Waals surface area contributed by atoms with Crippen LogP contribution in [0.1, 0.15) is 0 Å². The van der Waals surface area contributed by atoms with Crippen molar-refractivity contribution in [2.45, 2.75) is 10.1 Å². The average molecular weight is 301 g/mol. The van der Waals surface area contributed by atoms with Gasteiger partial charge in [-0.25, -0.2) is 4.98 Å². The maximum absolute atomic E-state index is 5.71. The molecule has 1 aromatic carbocycles. The van der Waals surface area contributed by atoms with E-state index in [1.54, 1.807) is 7.11 Å². The average Bonchev–Trinajstić information content (AvgIpc) is 3.01. The van der Waals surface area contributed by atoms with Gasteiger partial charge in [0.15, 0.2) is 5.16 Å². The fourth-order valence-corrected chi connectivity index (χ4v) is 2.39. The number of benzene rings is 1. The van der Waals surface area contributed by atoms with Crippen molar-refractivity contribution in [2.75, 3.05) is 12.8 Å². The first kappa shape index (κ1) is 13.3. The van der Waals surface area contributed by atoms with Crippen molar-refractivity contribution in [3.8, 4) is 11.7 Å². The summed E-state index contributed by atoms with van der Waals surface area (Å²) in [6.45, 7) is 0. The van der Waals surface area contributed by atoms with Crippen LogP contribution in [0, 0.1) is 0 Å². The molecule has 3 aromatic rings. The molecule has 0 aliphatic rings. The van der Waals surface area contributed by atoms with Crippen LogP contribution in [0.3, 0.4) is 0 Å². The first-order valence-corrected chi connectivity index (χ1v) is 6.75. The summed E-state index contributed by atoms with van der Waals surface area (Å²) in [5.74, 6) is 1.21. The Balaban J connectivity index is 1.91. The van der Waals surface area contributed by atoms with Gasteiger partial charge >= 0.3 is 0 Å². The molecule has 3 rings (SSSR count). The number of hydrogen-bond donors (Lipinski definition) is 1. The van der Waals surface area contributed by atoms with Gasteiger partial charge in [0.25, 0.3) is 5.95 Å². The van der Waals surface area contributed by atoms with E-state index in [9.17, 15) is 0 Å². The summed E-state index contributed by atoms with van der Waals surface area (Å²) >= 11 is 1.36. The highest BCUT2D eigenvalue weighted by Gasteiger charge is 2.09. The Morgan fingerprint density at radius 3 is 2.90 bits per heavy atom. The number of hydrogen-bond acceptors (Lipinski definition) is 8. The maximum atomic E-state index is 5.71. The second-order valence-electron chi connectivity index (χ2n) is 3.90. The van der Waals surface area contributed by atoms with Gasteiger partial charge in [-0.2, -0.15) is 24.7 Å².